The molecular formula is C11H23BrN2O. The van der Waals surface area contributed by atoms with Crippen LogP contribution in [0.2, 0.25) is 0 Å². The predicted molar refractivity (Wildman–Crippen MR) is 68.3 cm³/mol. The van der Waals surface area contributed by atoms with E-state index in [4.69, 9.17) is 0 Å². The average molecular weight is 279 g/mol. The number of halogens is 1. The maximum absolute atomic E-state index is 11.6. The van der Waals surface area contributed by atoms with Gasteiger partial charge >= 0.3 is 0 Å². The van der Waals surface area contributed by atoms with Gasteiger partial charge in [-0.25, -0.2) is 0 Å². The van der Waals surface area contributed by atoms with Crippen molar-refractivity contribution in [2.24, 2.45) is 5.92 Å². The second-order valence-electron chi connectivity index (χ2n) is 4.51. The average Bonchev–Trinajstić information content (AvgIpc) is 2.15. The molecule has 1 unspecified atom stereocenters. The van der Waals surface area contributed by atoms with Crippen molar-refractivity contribution in [1.82, 2.24) is 10.2 Å². The number of carbonyl (C=O) groups excluding carboxylic acids is 1. The number of nitrogens with zero attached hydrogens (tertiary/aromatic N) is 1. The van der Waals surface area contributed by atoms with Gasteiger partial charge in [0.15, 0.2) is 0 Å². The van der Waals surface area contributed by atoms with Crippen LogP contribution in [0.25, 0.3) is 0 Å². The summed E-state index contributed by atoms with van der Waals surface area (Å²) in [7, 11) is 2.06. The van der Waals surface area contributed by atoms with Crippen molar-refractivity contribution in [2.45, 2.75) is 38.6 Å². The number of rotatable bonds is 6. The molecule has 0 aromatic carbocycles. The van der Waals surface area contributed by atoms with Crippen LogP contribution < -0.4 is 5.32 Å². The summed E-state index contributed by atoms with van der Waals surface area (Å²) in [5.41, 5.74) is 0. The van der Waals surface area contributed by atoms with Gasteiger partial charge in [-0.3, -0.25) is 4.79 Å². The van der Waals surface area contributed by atoms with Gasteiger partial charge in [-0.15, -0.1) is 0 Å². The van der Waals surface area contributed by atoms with Crippen molar-refractivity contribution in [3.63, 3.8) is 0 Å². The van der Waals surface area contributed by atoms with E-state index in [2.05, 4.69) is 47.0 Å². The summed E-state index contributed by atoms with van der Waals surface area (Å²) in [6, 6.07) is 0.520. The van der Waals surface area contributed by atoms with Crippen LogP contribution in [-0.2, 0) is 4.79 Å². The van der Waals surface area contributed by atoms with E-state index in [0.29, 0.717) is 18.5 Å². The van der Waals surface area contributed by atoms with Crippen molar-refractivity contribution in [3.8, 4) is 0 Å². The highest BCUT2D eigenvalue weighted by atomic mass is 79.9. The van der Waals surface area contributed by atoms with E-state index in [1.165, 1.54) is 0 Å². The second kappa shape index (κ2) is 7.23. The molecule has 0 aromatic heterocycles. The summed E-state index contributed by atoms with van der Waals surface area (Å²) in [6.45, 7) is 9.94. The minimum atomic E-state index is -0.0816. The van der Waals surface area contributed by atoms with Gasteiger partial charge < -0.3 is 10.2 Å². The van der Waals surface area contributed by atoms with E-state index in [-0.39, 0.29) is 10.7 Å². The third-order valence-corrected chi connectivity index (χ3v) is 3.95. The van der Waals surface area contributed by atoms with Gasteiger partial charge in [0.1, 0.15) is 0 Å². The minimum Gasteiger partial charge on any atom is -0.354 e. The first-order valence-electron chi connectivity index (χ1n) is 5.48. The molecule has 0 aliphatic carbocycles. The molecule has 4 heteroatoms. The number of amides is 1. The van der Waals surface area contributed by atoms with Crippen LogP contribution >= 0.6 is 15.9 Å². The molecule has 0 bridgehead atoms. The molecule has 0 aliphatic rings. The lowest BCUT2D eigenvalue weighted by atomic mass is 10.1. The first-order chi connectivity index (χ1) is 6.86. The van der Waals surface area contributed by atoms with Crippen molar-refractivity contribution in [2.75, 3.05) is 20.1 Å². The predicted octanol–water partition coefficient (Wildman–Crippen LogP) is 1.86. The second-order valence-corrected chi connectivity index (χ2v) is 5.50. The molecule has 0 heterocycles. The summed E-state index contributed by atoms with van der Waals surface area (Å²) in [5.74, 6) is 0.412. The normalized spacial score (nSPS) is 13.7. The summed E-state index contributed by atoms with van der Waals surface area (Å²) in [6.07, 6.45) is 0. The highest BCUT2D eigenvalue weighted by Gasteiger charge is 2.17. The fourth-order valence-electron chi connectivity index (χ4n) is 1.01. The molecule has 0 aromatic rings. The fraction of sp³-hybridized carbons (Fsp3) is 0.909. The standard InChI is InChI=1S/C11H23BrN2O/c1-8(2)10(12)11(15)13-6-7-14(5)9(3)4/h8-10H,6-7H2,1-5H3,(H,13,15). The van der Waals surface area contributed by atoms with Crippen molar-refractivity contribution < 1.29 is 4.79 Å². The molecule has 0 spiro atoms. The SMILES string of the molecule is CC(C)C(Br)C(=O)NCCN(C)C(C)C. The summed E-state index contributed by atoms with van der Waals surface area (Å²) < 4.78 is 0. The van der Waals surface area contributed by atoms with Crippen LogP contribution in [0.15, 0.2) is 0 Å². The number of carbonyl (C=O) groups is 1. The Balaban J connectivity index is 3.73. The Hall–Kier alpha value is -0.0900. The van der Waals surface area contributed by atoms with E-state index in [9.17, 15) is 4.79 Å². The van der Waals surface area contributed by atoms with Gasteiger partial charge in [0.25, 0.3) is 0 Å². The van der Waals surface area contributed by atoms with Gasteiger partial charge in [0.05, 0.1) is 4.83 Å². The molecule has 0 rings (SSSR count). The third kappa shape index (κ3) is 6.15. The summed E-state index contributed by atoms with van der Waals surface area (Å²) in [5, 5.41) is 2.92. The fourth-order valence-corrected chi connectivity index (χ4v) is 1.18. The Kier molecular flexibility index (Phi) is 7.18. The molecule has 0 radical (unpaired) electrons. The highest BCUT2D eigenvalue weighted by molar-refractivity contribution is 9.10. The van der Waals surface area contributed by atoms with Crippen LogP contribution in [0.3, 0.4) is 0 Å². The minimum absolute atomic E-state index is 0.0816. The van der Waals surface area contributed by atoms with E-state index in [1.807, 2.05) is 13.8 Å². The van der Waals surface area contributed by atoms with Crippen LogP contribution in [0.1, 0.15) is 27.7 Å². The maximum Gasteiger partial charge on any atom is 0.234 e. The third-order valence-electron chi connectivity index (χ3n) is 2.48. The van der Waals surface area contributed by atoms with E-state index in [1.54, 1.807) is 0 Å². The Morgan fingerprint density at radius 2 is 1.87 bits per heavy atom. The van der Waals surface area contributed by atoms with Gasteiger partial charge in [-0.05, 0) is 26.8 Å². The molecule has 0 fully saturated rings. The Labute approximate surface area is 102 Å². The zero-order chi connectivity index (χ0) is 12.0. The van der Waals surface area contributed by atoms with Gasteiger partial charge in [0, 0.05) is 19.1 Å². The van der Waals surface area contributed by atoms with Crippen molar-refractivity contribution >= 4 is 21.8 Å². The maximum atomic E-state index is 11.6. The number of hydrogen-bond donors (Lipinski definition) is 1. The van der Waals surface area contributed by atoms with Crippen LogP contribution in [-0.4, -0.2) is 41.8 Å². The molecule has 0 saturated heterocycles. The van der Waals surface area contributed by atoms with Crippen LogP contribution in [0.5, 0.6) is 0 Å². The molecule has 90 valence electrons. The monoisotopic (exact) mass is 278 g/mol. The van der Waals surface area contributed by atoms with E-state index < -0.39 is 0 Å². The van der Waals surface area contributed by atoms with Gasteiger partial charge in [-0.1, -0.05) is 29.8 Å². The zero-order valence-electron chi connectivity index (χ0n) is 10.4. The van der Waals surface area contributed by atoms with E-state index in [0.717, 1.165) is 6.54 Å². The first-order valence-corrected chi connectivity index (χ1v) is 6.39. The Morgan fingerprint density at radius 3 is 2.27 bits per heavy atom. The largest absolute Gasteiger partial charge is 0.354 e. The summed E-state index contributed by atoms with van der Waals surface area (Å²) in [4.78, 5) is 13.7. The number of nitrogens with one attached hydrogen (secondary N) is 1. The molecular weight excluding hydrogens is 256 g/mol. The lowest BCUT2D eigenvalue weighted by molar-refractivity contribution is -0.121. The molecule has 1 N–H and O–H groups in total. The molecule has 0 saturated carbocycles. The number of likely N-dealkylation sites (N-methyl/N-ethyl adjacent to an activating group) is 1. The highest BCUT2D eigenvalue weighted by Crippen LogP contribution is 2.11. The lowest BCUT2D eigenvalue weighted by Crippen LogP contribution is -2.40. The van der Waals surface area contributed by atoms with Gasteiger partial charge in [0.2, 0.25) is 5.91 Å². The van der Waals surface area contributed by atoms with Crippen LogP contribution in [0, 0.1) is 5.92 Å². The molecule has 15 heavy (non-hydrogen) atoms. The van der Waals surface area contributed by atoms with Crippen molar-refractivity contribution in [1.29, 1.82) is 0 Å². The molecule has 1 amide bonds. The quantitative estimate of drug-likeness (QED) is 0.753. The molecule has 1 atom stereocenters. The van der Waals surface area contributed by atoms with Gasteiger partial charge in [-0.2, -0.15) is 0 Å². The molecule has 0 aliphatic heterocycles. The van der Waals surface area contributed by atoms with E-state index >= 15 is 0 Å². The number of alkyl halides is 1. The zero-order valence-corrected chi connectivity index (χ0v) is 12.0. The Morgan fingerprint density at radius 1 is 1.33 bits per heavy atom. The van der Waals surface area contributed by atoms with Crippen molar-refractivity contribution in [3.05, 3.63) is 0 Å². The summed E-state index contributed by atoms with van der Waals surface area (Å²) >= 11 is 3.38. The van der Waals surface area contributed by atoms with Crippen LogP contribution in [0.4, 0.5) is 0 Å². The topological polar surface area (TPSA) is 32.3 Å². The lowest BCUT2D eigenvalue weighted by Gasteiger charge is -2.21. The Bertz CT molecular complexity index is 195. The smallest absolute Gasteiger partial charge is 0.234 e. The molecule has 3 nitrogen and oxygen atoms in total. The first kappa shape index (κ1) is 14.9. The number of hydrogen-bond acceptors (Lipinski definition) is 2.